The van der Waals surface area contributed by atoms with Crippen molar-refractivity contribution in [1.29, 1.82) is 0 Å². The molecule has 1 N–H and O–H groups in total. The Balaban J connectivity index is 1.95. The third kappa shape index (κ3) is 2.58. The monoisotopic (exact) mass is 319 g/mol. The number of hydrogen-bond donors (Lipinski definition) is 1. The van der Waals surface area contributed by atoms with E-state index in [1.54, 1.807) is 6.07 Å². The topological polar surface area (TPSA) is 49.2 Å². The molecular formula is C20H21N3O. The number of benzene rings is 2. The number of aromatic nitrogens is 2. The number of anilines is 1. The molecule has 1 aliphatic rings. The normalized spacial score (nSPS) is 14.5. The minimum Gasteiger partial charge on any atom is -0.507 e. The van der Waals surface area contributed by atoms with Gasteiger partial charge in [0.1, 0.15) is 11.6 Å². The average Bonchev–Trinajstić information content (AvgIpc) is 3.15. The number of hydrogen-bond acceptors (Lipinski definition) is 4. The van der Waals surface area contributed by atoms with Gasteiger partial charge in [0.25, 0.3) is 0 Å². The molecule has 24 heavy (non-hydrogen) atoms. The first-order chi connectivity index (χ1) is 11.8. The lowest BCUT2D eigenvalue weighted by molar-refractivity contribution is 0.477. The Kier molecular flexibility index (Phi) is 3.81. The summed E-state index contributed by atoms with van der Waals surface area (Å²) in [6, 6.07) is 13.7. The van der Waals surface area contributed by atoms with Crippen molar-refractivity contribution < 1.29 is 5.11 Å². The highest BCUT2D eigenvalue weighted by atomic mass is 16.3. The van der Waals surface area contributed by atoms with Gasteiger partial charge in [-0.05, 0) is 49.1 Å². The van der Waals surface area contributed by atoms with Crippen LogP contribution in [-0.4, -0.2) is 28.2 Å². The van der Waals surface area contributed by atoms with E-state index >= 15 is 0 Å². The largest absolute Gasteiger partial charge is 0.507 e. The highest BCUT2D eigenvalue weighted by Crippen LogP contribution is 2.33. The minimum atomic E-state index is 0.218. The van der Waals surface area contributed by atoms with E-state index in [2.05, 4.69) is 30.0 Å². The van der Waals surface area contributed by atoms with Crippen LogP contribution in [0.15, 0.2) is 42.5 Å². The van der Waals surface area contributed by atoms with Crippen LogP contribution in [0.4, 0.5) is 5.82 Å². The van der Waals surface area contributed by atoms with E-state index in [9.17, 15) is 5.11 Å². The Morgan fingerprint density at radius 1 is 1.04 bits per heavy atom. The van der Waals surface area contributed by atoms with E-state index < -0.39 is 0 Å². The molecule has 122 valence electrons. The number of nitrogens with zero attached hydrogens (tertiary/aromatic N) is 3. The first kappa shape index (κ1) is 14.9. The number of phenols is 1. The molecule has 4 rings (SSSR count). The lowest BCUT2D eigenvalue weighted by Crippen LogP contribution is -2.20. The van der Waals surface area contributed by atoms with Crippen molar-refractivity contribution in [3.63, 3.8) is 0 Å². The lowest BCUT2D eigenvalue weighted by Gasteiger charge is -2.19. The van der Waals surface area contributed by atoms with Gasteiger partial charge < -0.3 is 10.0 Å². The van der Waals surface area contributed by atoms with Crippen LogP contribution in [-0.2, 0) is 6.42 Å². The Morgan fingerprint density at radius 2 is 1.83 bits per heavy atom. The van der Waals surface area contributed by atoms with Crippen molar-refractivity contribution in [3.8, 4) is 17.1 Å². The van der Waals surface area contributed by atoms with Crippen LogP contribution < -0.4 is 4.90 Å². The maximum Gasteiger partial charge on any atom is 0.165 e. The second-order valence-corrected chi connectivity index (χ2v) is 6.29. The van der Waals surface area contributed by atoms with E-state index in [-0.39, 0.29) is 5.75 Å². The number of rotatable bonds is 3. The van der Waals surface area contributed by atoms with Crippen molar-refractivity contribution in [2.75, 3.05) is 18.0 Å². The fourth-order valence-electron chi connectivity index (χ4n) is 3.33. The molecule has 1 saturated heterocycles. The van der Waals surface area contributed by atoms with Crippen LogP contribution >= 0.6 is 0 Å². The van der Waals surface area contributed by atoms with Gasteiger partial charge in [-0.15, -0.1) is 0 Å². The number of aryl methyl sites for hydroxylation is 1. The predicted molar refractivity (Wildman–Crippen MR) is 97.5 cm³/mol. The lowest BCUT2D eigenvalue weighted by atomic mass is 10.1. The van der Waals surface area contributed by atoms with Crippen molar-refractivity contribution >= 4 is 16.7 Å². The first-order valence-electron chi connectivity index (χ1n) is 8.60. The number of aromatic hydroxyl groups is 1. The van der Waals surface area contributed by atoms with Gasteiger partial charge in [-0.25, -0.2) is 9.97 Å². The molecule has 0 atom stereocenters. The molecule has 0 aliphatic carbocycles. The summed E-state index contributed by atoms with van der Waals surface area (Å²) in [5.74, 6) is 1.80. The zero-order chi connectivity index (χ0) is 16.5. The molecule has 0 spiro atoms. The van der Waals surface area contributed by atoms with E-state index in [4.69, 9.17) is 9.97 Å². The Morgan fingerprint density at radius 3 is 2.58 bits per heavy atom. The van der Waals surface area contributed by atoms with E-state index in [0.29, 0.717) is 11.4 Å². The molecule has 2 aromatic carbocycles. The molecule has 0 saturated carbocycles. The molecule has 0 bridgehead atoms. The average molecular weight is 319 g/mol. The van der Waals surface area contributed by atoms with Gasteiger partial charge in [0, 0.05) is 18.5 Å². The van der Waals surface area contributed by atoms with E-state index in [1.165, 1.54) is 18.4 Å². The summed E-state index contributed by atoms with van der Waals surface area (Å²) in [5.41, 5.74) is 2.89. The van der Waals surface area contributed by atoms with Gasteiger partial charge in [0.2, 0.25) is 0 Å². The SMILES string of the molecule is CCc1ccc2c(N3CCCC3)nc(-c3ccccc3O)nc2c1. The molecule has 4 heteroatoms. The zero-order valence-corrected chi connectivity index (χ0v) is 13.9. The van der Waals surface area contributed by atoms with Crippen molar-refractivity contribution in [2.45, 2.75) is 26.2 Å². The van der Waals surface area contributed by atoms with Crippen LogP contribution in [0, 0.1) is 0 Å². The molecule has 3 aromatic rings. The minimum absolute atomic E-state index is 0.218. The maximum absolute atomic E-state index is 10.2. The van der Waals surface area contributed by atoms with Gasteiger partial charge >= 0.3 is 0 Å². The van der Waals surface area contributed by atoms with Crippen LogP contribution in [0.5, 0.6) is 5.75 Å². The maximum atomic E-state index is 10.2. The molecule has 0 radical (unpaired) electrons. The number of phenolic OH excluding ortho intramolecular Hbond substituents is 1. The molecule has 1 fully saturated rings. The summed E-state index contributed by atoms with van der Waals surface area (Å²) >= 11 is 0. The Hall–Kier alpha value is -2.62. The van der Waals surface area contributed by atoms with Crippen molar-refractivity contribution in [2.24, 2.45) is 0 Å². The fourth-order valence-corrected chi connectivity index (χ4v) is 3.33. The number of fused-ring (bicyclic) bond motifs is 1. The van der Waals surface area contributed by atoms with Gasteiger partial charge in [-0.2, -0.15) is 0 Å². The van der Waals surface area contributed by atoms with E-state index in [1.807, 2.05) is 18.2 Å². The Bertz CT molecular complexity index is 885. The van der Waals surface area contributed by atoms with Crippen LogP contribution in [0.2, 0.25) is 0 Å². The third-order valence-electron chi connectivity index (χ3n) is 4.70. The smallest absolute Gasteiger partial charge is 0.165 e. The molecule has 4 nitrogen and oxygen atoms in total. The summed E-state index contributed by atoms with van der Waals surface area (Å²) in [6.45, 7) is 4.21. The van der Waals surface area contributed by atoms with Crippen LogP contribution in [0.1, 0.15) is 25.3 Å². The molecule has 1 aromatic heterocycles. The molecule has 0 amide bonds. The van der Waals surface area contributed by atoms with Gasteiger partial charge in [-0.1, -0.05) is 25.1 Å². The standard InChI is InChI=1S/C20H21N3O/c1-2-14-9-10-15-17(13-14)21-19(16-7-3-4-8-18(16)24)22-20(15)23-11-5-6-12-23/h3-4,7-10,13,24H,2,5-6,11-12H2,1H3. The molecule has 0 unspecified atom stereocenters. The summed E-state index contributed by atoms with van der Waals surface area (Å²) in [4.78, 5) is 11.9. The summed E-state index contributed by atoms with van der Waals surface area (Å²) < 4.78 is 0. The molecule has 1 aliphatic heterocycles. The quantitative estimate of drug-likeness (QED) is 0.787. The first-order valence-corrected chi connectivity index (χ1v) is 8.60. The Labute approximate surface area is 141 Å². The molecular weight excluding hydrogens is 298 g/mol. The van der Waals surface area contributed by atoms with Gasteiger partial charge in [0.05, 0.1) is 11.1 Å². The summed E-state index contributed by atoms with van der Waals surface area (Å²) in [7, 11) is 0. The predicted octanol–water partition coefficient (Wildman–Crippen LogP) is 4.17. The van der Waals surface area contributed by atoms with Crippen LogP contribution in [0.25, 0.3) is 22.3 Å². The summed E-state index contributed by atoms with van der Waals surface area (Å²) in [6.07, 6.45) is 3.37. The zero-order valence-electron chi connectivity index (χ0n) is 13.9. The van der Waals surface area contributed by atoms with Crippen LogP contribution in [0.3, 0.4) is 0 Å². The highest BCUT2D eigenvalue weighted by Gasteiger charge is 2.19. The third-order valence-corrected chi connectivity index (χ3v) is 4.70. The highest BCUT2D eigenvalue weighted by molar-refractivity contribution is 5.92. The van der Waals surface area contributed by atoms with Crippen molar-refractivity contribution in [3.05, 3.63) is 48.0 Å². The van der Waals surface area contributed by atoms with Crippen molar-refractivity contribution in [1.82, 2.24) is 9.97 Å². The van der Waals surface area contributed by atoms with Gasteiger partial charge in [0.15, 0.2) is 5.82 Å². The molecule has 2 heterocycles. The second-order valence-electron chi connectivity index (χ2n) is 6.29. The summed E-state index contributed by atoms with van der Waals surface area (Å²) in [5, 5.41) is 11.3. The van der Waals surface area contributed by atoms with Gasteiger partial charge in [-0.3, -0.25) is 0 Å². The van der Waals surface area contributed by atoms with E-state index in [0.717, 1.165) is 36.2 Å². The fraction of sp³-hybridized carbons (Fsp3) is 0.300. The number of para-hydroxylation sites is 1. The second kappa shape index (κ2) is 6.11.